The van der Waals surface area contributed by atoms with Crippen molar-refractivity contribution in [3.05, 3.63) is 22.0 Å². The number of ether oxygens (including phenoxy) is 3. The lowest BCUT2D eigenvalue weighted by molar-refractivity contribution is 0.0972. The summed E-state index contributed by atoms with van der Waals surface area (Å²) in [7, 11) is 0. The average molecular weight is 344 g/mol. The highest BCUT2D eigenvalue weighted by Gasteiger charge is 2.22. The number of benzene rings is 1. The fraction of sp³-hybridized carbons (Fsp3) is 0.231. The van der Waals surface area contributed by atoms with E-state index in [9.17, 15) is 4.79 Å². The van der Waals surface area contributed by atoms with Crippen molar-refractivity contribution >= 4 is 56.3 Å². The summed E-state index contributed by atoms with van der Waals surface area (Å²) in [5.41, 5.74) is 0. The number of amides is 1. The van der Waals surface area contributed by atoms with Crippen LogP contribution >= 0.6 is 35.2 Å². The van der Waals surface area contributed by atoms with Crippen LogP contribution in [0.1, 0.15) is 16.6 Å². The molecule has 1 aromatic heterocycles. The zero-order chi connectivity index (χ0) is 15.0. The van der Waals surface area contributed by atoms with Crippen LogP contribution in [-0.2, 0) is 4.74 Å². The maximum Gasteiger partial charge on any atom is 0.270 e. The number of halogens is 1. The van der Waals surface area contributed by atoms with E-state index in [1.54, 1.807) is 13.0 Å². The molecule has 0 atom stereocenters. The number of rotatable bonds is 2. The Morgan fingerprint density at radius 3 is 2.90 bits per heavy atom. The second-order valence-corrected chi connectivity index (χ2v) is 5.92. The lowest BCUT2D eigenvalue weighted by Gasteiger charge is -2.05. The third-order valence-electron chi connectivity index (χ3n) is 2.82. The van der Waals surface area contributed by atoms with Crippen LogP contribution < -0.4 is 14.8 Å². The molecule has 0 radical (unpaired) electrons. The molecule has 0 saturated carbocycles. The molecule has 8 heteroatoms. The fourth-order valence-electron chi connectivity index (χ4n) is 1.92. The minimum atomic E-state index is -0.387. The predicted octanol–water partition coefficient (Wildman–Crippen LogP) is 3.33. The molecule has 2 heterocycles. The van der Waals surface area contributed by atoms with E-state index in [-0.39, 0.29) is 17.9 Å². The van der Waals surface area contributed by atoms with E-state index in [0.29, 0.717) is 28.0 Å². The third-order valence-corrected chi connectivity index (χ3v) is 4.70. The Labute approximate surface area is 134 Å². The number of thiocarbonyl (C=S) groups is 1. The van der Waals surface area contributed by atoms with E-state index in [1.165, 1.54) is 11.3 Å². The summed E-state index contributed by atoms with van der Waals surface area (Å²) in [6, 6.07) is 3.58. The molecule has 110 valence electrons. The Balaban J connectivity index is 1.95. The summed E-state index contributed by atoms with van der Waals surface area (Å²) in [6.45, 7) is 2.37. The van der Waals surface area contributed by atoms with E-state index >= 15 is 0 Å². The normalized spacial score (nSPS) is 12.5. The van der Waals surface area contributed by atoms with Gasteiger partial charge in [0.1, 0.15) is 4.88 Å². The first-order valence-corrected chi connectivity index (χ1v) is 7.70. The molecular formula is C13H10ClNO4S2. The molecule has 1 aliphatic rings. The largest absolute Gasteiger partial charge is 0.471 e. The summed E-state index contributed by atoms with van der Waals surface area (Å²) < 4.78 is 16.5. The van der Waals surface area contributed by atoms with Gasteiger partial charge in [0.15, 0.2) is 11.5 Å². The van der Waals surface area contributed by atoms with Crippen molar-refractivity contribution in [1.82, 2.24) is 5.32 Å². The van der Waals surface area contributed by atoms with E-state index in [0.717, 1.165) is 10.1 Å². The van der Waals surface area contributed by atoms with Crippen molar-refractivity contribution in [2.75, 3.05) is 13.4 Å². The summed E-state index contributed by atoms with van der Waals surface area (Å²) >= 11 is 12.4. The van der Waals surface area contributed by atoms with Gasteiger partial charge >= 0.3 is 0 Å². The number of thiophene rings is 1. The van der Waals surface area contributed by atoms with E-state index in [2.05, 4.69) is 5.32 Å². The third kappa shape index (κ3) is 2.64. The van der Waals surface area contributed by atoms with Crippen molar-refractivity contribution in [3.8, 4) is 11.5 Å². The topological polar surface area (TPSA) is 56.8 Å². The highest BCUT2D eigenvalue weighted by atomic mass is 35.5. The smallest absolute Gasteiger partial charge is 0.270 e. The van der Waals surface area contributed by atoms with Gasteiger partial charge in [-0.3, -0.25) is 10.1 Å². The Kier molecular flexibility index (Phi) is 3.88. The van der Waals surface area contributed by atoms with Crippen molar-refractivity contribution in [2.24, 2.45) is 0 Å². The van der Waals surface area contributed by atoms with Crippen molar-refractivity contribution in [3.63, 3.8) is 0 Å². The zero-order valence-corrected chi connectivity index (χ0v) is 13.3. The molecule has 5 nitrogen and oxygen atoms in total. The van der Waals surface area contributed by atoms with Crippen LogP contribution in [0.4, 0.5) is 0 Å². The average Bonchev–Trinajstić information content (AvgIpc) is 3.01. The van der Waals surface area contributed by atoms with Crippen molar-refractivity contribution < 1.29 is 19.0 Å². The second-order valence-electron chi connectivity index (χ2n) is 4.12. The second kappa shape index (κ2) is 5.67. The molecule has 1 N–H and O–H groups in total. The number of hydrogen-bond donors (Lipinski definition) is 1. The molecule has 2 aromatic rings. The molecule has 0 aliphatic carbocycles. The molecule has 1 aliphatic heterocycles. The Hall–Kier alpha value is -1.57. The first-order valence-electron chi connectivity index (χ1n) is 6.10. The monoisotopic (exact) mass is 343 g/mol. The standard InChI is InChI=1S/C13H10ClNO4S2/c1-2-17-13(20)15-12(16)11-10(14)6-3-7-8(19-5-18-7)4-9(6)21-11/h3-4H,2,5H2,1H3,(H,15,16,20). The molecule has 3 rings (SSSR count). The first kappa shape index (κ1) is 14.4. The van der Waals surface area contributed by atoms with Crippen LogP contribution in [0.5, 0.6) is 11.5 Å². The quantitative estimate of drug-likeness (QED) is 0.848. The van der Waals surface area contributed by atoms with Crippen LogP contribution in [0, 0.1) is 0 Å². The highest BCUT2D eigenvalue weighted by Crippen LogP contribution is 2.43. The Morgan fingerprint density at radius 2 is 2.19 bits per heavy atom. The van der Waals surface area contributed by atoms with Gasteiger partial charge in [-0.1, -0.05) is 11.6 Å². The molecule has 0 fully saturated rings. The number of carbonyl (C=O) groups excluding carboxylic acids is 1. The van der Waals surface area contributed by atoms with Crippen LogP contribution in [0.25, 0.3) is 10.1 Å². The lowest BCUT2D eigenvalue weighted by atomic mass is 10.2. The minimum Gasteiger partial charge on any atom is -0.471 e. The lowest BCUT2D eigenvalue weighted by Crippen LogP contribution is -2.30. The maximum absolute atomic E-state index is 12.2. The zero-order valence-electron chi connectivity index (χ0n) is 10.9. The van der Waals surface area contributed by atoms with E-state index < -0.39 is 0 Å². The molecule has 21 heavy (non-hydrogen) atoms. The van der Waals surface area contributed by atoms with Gasteiger partial charge in [-0.05, 0) is 25.2 Å². The molecule has 0 spiro atoms. The Morgan fingerprint density at radius 1 is 1.48 bits per heavy atom. The van der Waals surface area contributed by atoms with Gasteiger partial charge in [-0.25, -0.2) is 0 Å². The Bertz CT molecular complexity index is 743. The summed E-state index contributed by atoms with van der Waals surface area (Å²) in [5, 5.41) is 3.64. The molecule has 1 aromatic carbocycles. The summed E-state index contributed by atoms with van der Waals surface area (Å²) in [4.78, 5) is 12.5. The maximum atomic E-state index is 12.2. The van der Waals surface area contributed by atoms with Gasteiger partial charge in [0.25, 0.3) is 11.1 Å². The fourth-order valence-corrected chi connectivity index (χ4v) is 3.54. The molecule has 0 bridgehead atoms. The first-order chi connectivity index (χ1) is 10.1. The van der Waals surface area contributed by atoms with Gasteiger partial charge in [0.2, 0.25) is 6.79 Å². The van der Waals surface area contributed by atoms with Crippen LogP contribution in [0.3, 0.4) is 0 Å². The van der Waals surface area contributed by atoms with Crippen molar-refractivity contribution in [2.45, 2.75) is 6.92 Å². The molecule has 0 saturated heterocycles. The molecular weight excluding hydrogens is 334 g/mol. The van der Waals surface area contributed by atoms with Gasteiger partial charge in [0, 0.05) is 16.2 Å². The van der Waals surface area contributed by atoms with Gasteiger partial charge in [-0.15, -0.1) is 11.3 Å². The van der Waals surface area contributed by atoms with Gasteiger partial charge in [0.05, 0.1) is 11.6 Å². The summed E-state index contributed by atoms with van der Waals surface area (Å²) in [6.07, 6.45) is 0. The van der Waals surface area contributed by atoms with Crippen LogP contribution in [0.15, 0.2) is 12.1 Å². The number of hydrogen-bond acceptors (Lipinski definition) is 6. The number of fused-ring (bicyclic) bond motifs is 2. The SMILES string of the molecule is CCOC(=S)NC(=O)c1sc2cc3c(cc2c1Cl)OCO3. The minimum absolute atomic E-state index is 0.0326. The van der Waals surface area contributed by atoms with Crippen molar-refractivity contribution in [1.29, 1.82) is 0 Å². The number of carbonyl (C=O) groups is 1. The van der Waals surface area contributed by atoms with Crippen LogP contribution in [-0.4, -0.2) is 24.5 Å². The number of nitrogens with one attached hydrogen (secondary N) is 1. The predicted molar refractivity (Wildman–Crippen MR) is 84.6 cm³/mol. The molecule has 0 unspecified atom stereocenters. The summed E-state index contributed by atoms with van der Waals surface area (Å²) in [5.74, 6) is 0.887. The van der Waals surface area contributed by atoms with E-state index in [4.69, 9.17) is 38.0 Å². The van der Waals surface area contributed by atoms with Crippen LogP contribution in [0.2, 0.25) is 5.02 Å². The van der Waals surface area contributed by atoms with Gasteiger partial charge in [-0.2, -0.15) is 0 Å². The van der Waals surface area contributed by atoms with E-state index in [1.807, 2.05) is 6.07 Å². The van der Waals surface area contributed by atoms with Gasteiger partial charge < -0.3 is 14.2 Å². The highest BCUT2D eigenvalue weighted by molar-refractivity contribution is 7.80. The molecule has 1 amide bonds.